The summed E-state index contributed by atoms with van der Waals surface area (Å²) in [6.45, 7) is 4.27. The Balaban J connectivity index is 1.34. The lowest BCUT2D eigenvalue weighted by molar-refractivity contribution is 0.0924. The number of halogens is 1. The molecule has 170 valence electrons. The van der Waals surface area contributed by atoms with Gasteiger partial charge in [0.25, 0.3) is 5.91 Å². The van der Waals surface area contributed by atoms with Gasteiger partial charge in [0.2, 0.25) is 0 Å². The first kappa shape index (κ1) is 20.4. The van der Waals surface area contributed by atoms with Crippen molar-refractivity contribution in [3.63, 3.8) is 0 Å². The fourth-order valence-electron chi connectivity index (χ4n) is 5.70. The van der Waals surface area contributed by atoms with Crippen molar-refractivity contribution in [3.05, 3.63) is 59.7 Å². The highest BCUT2D eigenvalue weighted by Crippen LogP contribution is 2.44. The van der Waals surface area contributed by atoms with Crippen LogP contribution in [0.3, 0.4) is 0 Å². The van der Waals surface area contributed by atoms with Gasteiger partial charge in [-0.3, -0.25) is 9.78 Å². The van der Waals surface area contributed by atoms with Crippen molar-refractivity contribution in [2.75, 3.05) is 37.6 Å². The molecule has 0 bridgehead atoms. The van der Waals surface area contributed by atoms with Gasteiger partial charge in [-0.25, -0.2) is 4.39 Å². The van der Waals surface area contributed by atoms with Crippen LogP contribution in [-0.2, 0) is 5.41 Å². The summed E-state index contributed by atoms with van der Waals surface area (Å²) in [6.07, 6.45) is 6.26. The number of fused-ring (bicyclic) bond motifs is 2. The fraction of sp³-hybridized carbons (Fsp3) is 0.385. The molecule has 6 nitrogen and oxygen atoms in total. The Morgan fingerprint density at radius 3 is 2.61 bits per heavy atom. The average Bonchev–Trinajstić information content (AvgIpc) is 3.51. The van der Waals surface area contributed by atoms with E-state index in [0.717, 1.165) is 67.2 Å². The molecule has 1 saturated carbocycles. The summed E-state index contributed by atoms with van der Waals surface area (Å²) >= 11 is 0. The molecule has 2 aliphatic heterocycles. The molecule has 0 unspecified atom stereocenters. The average molecular weight is 446 g/mol. The zero-order valence-corrected chi connectivity index (χ0v) is 18.6. The van der Waals surface area contributed by atoms with E-state index in [1.165, 1.54) is 12.8 Å². The number of aromatic nitrogens is 2. The second-order valence-electron chi connectivity index (χ2n) is 9.47. The number of H-pyrrole nitrogens is 1. The SMILES string of the molecule is O=C1NCC2(CCCC2)c2[nH]c(-c3ccnc(-c4ccc(N5CCNCC5)cc4F)c3)cc21. The molecule has 3 aliphatic rings. The molecule has 7 heteroatoms. The summed E-state index contributed by atoms with van der Waals surface area (Å²) in [5.41, 5.74) is 5.57. The van der Waals surface area contributed by atoms with E-state index in [4.69, 9.17) is 0 Å². The molecule has 1 aromatic carbocycles. The molecule has 33 heavy (non-hydrogen) atoms. The van der Waals surface area contributed by atoms with Gasteiger partial charge in [-0.2, -0.15) is 0 Å². The van der Waals surface area contributed by atoms with E-state index in [-0.39, 0.29) is 17.1 Å². The highest BCUT2D eigenvalue weighted by molar-refractivity contribution is 5.98. The highest BCUT2D eigenvalue weighted by Gasteiger charge is 2.43. The maximum Gasteiger partial charge on any atom is 0.253 e. The van der Waals surface area contributed by atoms with Crippen molar-refractivity contribution < 1.29 is 9.18 Å². The monoisotopic (exact) mass is 445 g/mol. The molecule has 3 N–H and O–H groups in total. The van der Waals surface area contributed by atoms with Crippen molar-refractivity contribution >= 4 is 11.6 Å². The number of piperazine rings is 1. The van der Waals surface area contributed by atoms with Gasteiger partial charge in [0.1, 0.15) is 5.82 Å². The van der Waals surface area contributed by atoms with Crippen molar-refractivity contribution in [3.8, 4) is 22.5 Å². The summed E-state index contributed by atoms with van der Waals surface area (Å²) in [5.74, 6) is -0.292. The van der Waals surface area contributed by atoms with Crippen molar-refractivity contribution in [1.82, 2.24) is 20.6 Å². The lowest BCUT2D eigenvalue weighted by Gasteiger charge is -2.33. The van der Waals surface area contributed by atoms with Crippen LogP contribution in [0.25, 0.3) is 22.5 Å². The van der Waals surface area contributed by atoms with Gasteiger partial charge in [0.15, 0.2) is 0 Å². The van der Waals surface area contributed by atoms with Crippen LogP contribution in [0.15, 0.2) is 42.6 Å². The Morgan fingerprint density at radius 1 is 1.00 bits per heavy atom. The van der Waals surface area contributed by atoms with Gasteiger partial charge in [0, 0.05) is 72.5 Å². The van der Waals surface area contributed by atoms with E-state index in [1.54, 1.807) is 12.3 Å². The van der Waals surface area contributed by atoms with Gasteiger partial charge in [0.05, 0.1) is 11.3 Å². The number of carbonyl (C=O) groups is 1. The number of amides is 1. The second-order valence-corrected chi connectivity index (χ2v) is 9.47. The number of hydrogen-bond donors (Lipinski definition) is 3. The van der Waals surface area contributed by atoms with Gasteiger partial charge >= 0.3 is 0 Å². The van der Waals surface area contributed by atoms with E-state index >= 15 is 4.39 Å². The van der Waals surface area contributed by atoms with Crippen LogP contribution < -0.4 is 15.5 Å². The number of aromatic amines is 1. The topological polar surface area (TPSA) is 73.0 Å². The van der Waals surface area contributed by atoms with Gasteiger partial charge < -0.3 is 20.5 Å². The van der Waals surface area contributed by atoms with Crippen LogP contribution in [0.4, 0.5) is 10.1 Å². The van der Waals surface area contributed by atoms with Crippen molar-refractivity contribution in [1.29, 1.82) is 0 Å². The number of benzene rings is 1. The van der Waals surface area contributed by atoms with E-state index in [0.29, 0.717) is 17.8 Å². The molecule has 1 amide bonds. The molecule has 3 aromatic rings. The number of hydrogen-bond acceptors (Lipinski definition) is 4. The molecular weight excluding hydrogens is 417 g/mol. The molecule has 6 rings (SSSR count). The zero-order chi connectivity index (χ0) is 22.4. The van der Waals surface area contributed by atoms with Crippen LogP contribution in [0.2, 0.25) is 0 Å². The maximum atomic E-state index is 15.1. The summed E-state index contributed by atoms with van der Waals surface area (Å²) < 4.78 is 15.1. The maximum absolute atomic E-state index is 15.1. The van der Waals surface area contributed by atoms with Gasteiger partial charge in [-0.1, -0.05) is 12.8 Å². The minimum absolute atomic E-state index is 0.0171. The molecule has 0 atom stereocenters. The third-order valence-corrected chi connectivity index (χ3v) is 7.52. The largest absolute Gasteiger partial charge is 0.369 e. The van der Waals surface area contributed by atoms with E-state index < -0.39 is 0 Å². The molecule has 1 spiro atoms. The lowest BCUT2D eigenvalue weighted by atomic mass is 9.78. The molecule has 2 aromatic heterocycles. The summed E-state index contributed by atoms with van der Waals surface area (Å²) in [5, 5.41) is 6.41. The lowest BCUT2D eigenvalue weighted by Crippen LogP contribution is -2.45. The van der Waals surface area contributed by atoms with Crippen LogP contribution in [0, 0.1) is 5.82 Å². The summed E-state index contributed by atoms with van der Waals surface area (Å²) in [4.78, 5) is 22.8. The van der Waals surface area contributed by atoms with Crippen LogP contribution in [0.5, 0.6) is 0 Å². The number of rotatable bonds is 3. The quantitative estimate of drug-likeness (QED) is 0.573. The number of nitrogens with zero attached hydrogens (tertiary/aromatic N) is 2. The van der Waals surface area contributed by atoms with Crippen LogP contribution >= 0.6 is 0 Å². The van der Waals surface area contributed by atoms with Gasteiger partial charge in [-0.15, -0.1) is 0 Å². The van der Waals surface area contributed by atoms with Crippen molar-refractivity contribution in [2.24, 2.45) is 0 Å². The van der Waals surface area contributed by atoms with E-state index in [9.17, 15) is 4.79 Å². The van der Waals surface area contributed by atoms with Crippen LogP contribution in [0.1, 0.15) is 41.7 Å². The van der Waals surface area contributed by atoms with Crippen LogP contribution in [-0.4, -0.2) is 48.6 Å². The number of carbonyl (C=O) groups excluding carboxylic acids is 1. The summed E-state index contributed by atoms with van der Waals surface area (Å²) in [7, 11) is 0. The Hall–Kier alpha value is -3.19. The number of nitrogens with one attached hydrogen (secondary N) is 3. The normalized spacial score (nSPS) is 19.5. The zero-order valence-electron chi connectivity index (χ0n) is 18.6. The Morgan fingerprint density at radius 2 is 1.82 bits per heavy atom. The Bertz CT molecular complexity index is 1210. The summed E-state index contributed by atoms with van der Waals surface area (Å²) in [6, 6.07) is 11.1. The first-order valence-corrected chi connectivity index (χ1v) is 11.9. The van der Waals surface area contributed by atoms with Crippen molar-refractivity contribution in [2.45, 2.75) is 31.1 Å². The van der Waals surface area contributed by atoms with Gasteiger partial charge in [-0.05, 0) is 49.2 Å². The smallest absolute Gasteiger partial charge is 0.253 e. The molecule has 0 radical (unpaired) electrons. The second kappa shape index (κ2) is 7.99. The van der Waals surface area contributed by atoms with E-state index in [2.05, 4.69) is 25.5 Å². The predicted molar refractivity (Wildman–Crippen MR) is 127 cm³/mol. The molecule has 4 heterocycles. The first-order valence-electron chi connectivity index (χ1n) is 11.9. The Labute approximate surface area is 192 Å². The van der Waals surface area contributed by atoms with E-state index in [1.807, 2.05) is 30.3 Å². The minimum Gasteiger partial charge on any atom is -0.369 e. The standard InChI is InChI=1S/C26H28FN5O/c27-21-14-18(32-11-9-28-10-12-32)3-4-19(21)23-13-17(5-8-29-23)22-15-20-24(31-22)26(6-1-2-7-26)16-30-25(20)33/h3-5,8,13-15,28,31H,1-2,6-7,9-12,16H2,(H,30,33). The third-order valence-electron chi connectivity index (χ3n) is 7.52. The molecule has 1 saturated heterocycles. The minimum atomic E-state index is -0.272. The Kier molecular flexibility index (Phi) is 4.94. The molecule has 2 fully saturated rings. The predicted octanol–water partition coefficient (Wildman–Crippen LogP) is 3.85. The molecular formula is C26H28FN5O. The highest BCUT2D eigenvalue weighted by atomic mass is 19.1. The number of pyridine rings is 1. The number of anilines is 1. The fourth-order valence-corrected chi connectivity index (χ4v) is 5.70. The molecule has 1 aliphatic carbocycles. The first-order chi connectivity index (χ1) is 16.1. The third kappa shape index (κ3) is 3.51.